The normalized spacial score (nSPS) is 12.0. The summed E-state index contributed by atoms with van der Waals surface area (Å²) in [6, 6.07) is 52.6. The van der Waals surface area contributed by atoms with Gasteiger partial charge < -0.3 is 0 Å². The van der Waals surface area contributed by atoms with E-state index in [-0.39, 0.29) is 0 Å². The van der Waals surface area contributed by atoms with Crippen molar-refractivity contribution in [2.75, 3.05) is 4.90 Å². The van der Waals surface area contributed by atoms with Crippen LogP contribution in [-0.4, -0.2) is 19.5 Å². The number of hydrogen-bond acceptors (Lipinski definition) is 4. The highest BCUT2D eigenvalue weighted by atomic mass is 15.3. The number of benzene rings is 6. The standard InChI is InChI=1S/C39H25N5/c1-2-14-26(15-3-1)37-40-38(42-39(41-37)44-35-24-12-8-20-31(35)32-21-9-13-25-36(32)44)43-33-22-10-6-18-29(33)27-16-4-5-17-28(27)30-19-7-11-23-34(30)43/h1-25H. The summed E-state index contributed by atoms with van der Waals surface area (Å²) in [4.78, 5) is 17.8. The van der Waals surface area contributed by atoms with E-state index in [0.717, 1.165) is 49.9 Å². The summed E-state index contributed by atoms with van der Waals surface area (Å²) in [5.74, 6) is 1.75. The Kier molecular flexibility index (Phi) is 5.43. The van der Waals surface area contributed by atoms with Crippen molar-refractivity contribution in [3.05, 3.63) is 152 Å². The van der Waals surface area contributed by atoms with E-state index in [1.165, 1.54) is 11.1 Å². The molecular weight excluding hydrogens is 538 g/mol. The van der Waals surface area contributed by atoms with Crippen LogP contribution in [0.25, 0.3) is 61.4 Å². The van der Waals surface area contributed by atoms with Crippen LogP contribution in [0.5, 0.6) is 0 Å². The number of fused-ring (bicyclic) bond motifs is 8. The van der Waals surface area contributed by atoms with Crippen molar-refractivity contribution in [1.82, 2.24) is 19.5 Å². The predicted molar refractivity (Wildman–Crippen MR) is 179 cm³/mol. The van der Waals surface area contributed by atoms with Gasteiger partial charge in [0.25, 0.3) is 0 Å². The van der Waals surface area contributed by atoms with Gasteiger partial charge in [0.2, 0.25) is 11.9 Å². The van der Waals surface area contributed by atoms with Gasteiger partial charge in [0.15, 0.2) is 5.82 Å². The van der Waals surface area contributed by atoms with Gasteiger partial charge in [-0.15, -0.1) is 0 Å². The number of anilines is 3. The first kappa shape index (κ1) is 24.5. The molecule has 0 amide bonds. The lowest BCUT2D eigenvalue weighted by molar-refractivity contribution is 0.933. The molecule has 0 atom stereocenters. The zero-order chi connectivity index (χ0) is 29.0. The maximum Gasteiger partial charge on any atom is 0.240 e. The molecule has 0 N–H and O–H groups in total. The van der Waals surface area contributed by atoms with Crippen LogP contribution in [0.1, 0.15) is 0 Å². The van der Waals surface area contributed by atoms with Gasteiger partial charge in [0.1, 0.15) is 0 Å². The van der Waals surface area contributed by atoms with Gasteiger partial charge in [-0.05, 0) is 35.4 Å². The minimum absolute atomic E-state index is 0.559. The molecule has 1 aliphatic heterocycles. The smallest absolute Gasteiger partial charge is 0.240 e. The van der Waals surface area contributed by atoms with E-state index in [9.17, 15) is 0 Å². The van der Waals surface area contributed by atoms with Crippen LogP contribution >= 0.6 is 0 Å². The van der Waals surface area contributed by atoms with Crippen LogP contribution in [0, 0.1) is 0 Å². The van der Waals surface area contributed by atoms with E-state index in [4.69, 9.17) is 15.0 Å². The lowest BCUT2D eigenvalue weighted by Crippen LogP contribution is -2.17. The summed E-state index contributed by atoms with van der Waals surface area (Å²) in [6.45, 7) is 0. The molecule has 6 aromatic carbocycles. The molecule has 1 aliphatic rings. The molecule has 0 saturated heterocycles. The topological polar surface area (TPSA) is 46.8 Å². The molecule has 0 aliphatic carbocycles. The molecule has 44 heavy (non-hydrogen) atoms. The van der Waals surface area contributed by atoms with Crippen molar-refractivity contribution in [3.8, 4) is 39.6 Å². The summed E-state index contributed by atoms with van der Waals surface area (Å²) in [5.41, 5.74) is 9.67. The van der Waals surface area contributed by atoms with Gasteiger partial charge in [0, 0.05) is 27.5 Å². The quantitative estimate of drug-likeness (QED) is 0.215. The largest absolute Gasteiger partial charge is 0.278 e. The zero-order valence-corrected chi connectivity index (χ0v) is 23.7. The molecule has 0 radical (unpaired) electrons. The van der Waals surface area contributed by atoms with Crippen LogP contribution in [0.15, 0.2) is 152 Å². The molecule has 0 fully saturated rings. The lowest BCUT2D eigenvalue weighted by atomic mass is 9.95. The fourth-order valence-electron chi connectivity index (χ4n) is 6.50. The van der Waals surface area contributed by atoms with Crippen LogP contribution in [-0.2, 0) is 0 Å². The zero-order valence-electron chi connectivity index (χ0n) is 23.7. The van der Waals surface area contributed by atoms with Crippen LogP contribution in [0.4, 0.5) is 17.3 Å². The minimum Gasteiger partial charge on any atom is -0.278 e. The number of hydrogen-bond donors (Lipinski definition) is 0. The molecule has 3 heterocycles. The molecule has 5 heteroatoms. The SMILES string of the molecule is c1ccc(-c2nc(N3c4ccccc4-c4ccccc4-c4ccccc43)nc(-n3c4ccccc4c4ccccc43)n2)cc1. The predicted octanol–water partition coefficient (Wildman–Crippen LogP) is 9.75. The second-order valence-corrected chi connectivity index (χ2v) is 10.9. The Labute approximate surface area is 254 Å². The van der Waals surface area contributed by atoms with Crippen molar-refractivity contribution in [3.63, 3.8) is 0 Å². The Hall–Kier alpha value is -6.07. The molecule has 206 valence electrons. The van der Waals surface area contributed by atoms with Gasteiger partial charge >= 0.3 is 0 Å². The van der Waals surface area contributed by atoms with Gasteiger partial charge in [-0.25, -0.2) is 0 Å². The van der Waals surface area contributed by atoms with E-state index in [1.54, 1.807) is 0 Å². The highest BCUT2D eigenvalue weighted by Crippen LogP contribution is 2.50. The van der Waals surface area contributed by atoms with Gasteiger partial charge in [-0.1, -0.05) is 127 Å². The first-order valence-electron chi connectivity index (χ1n) is 14.7. The molecule has 0 saturated carbocycles. The first-order chi connectivity index (χ1) is 21.8. The van der Waals surface area contributed by atoms with Gasteiger partial charge in [0.05, 0.1) is 22.4 Å². The Morgan fingerprint density at radius 3 is 1.41 bits per heavy atom. The molecule has 5 nitrogen and oxygen atoms in total. The fourth-order valence-corrected chi connectivity index (χ4v) is 6.50. The third-order valence-electron chi connectivity index (χ3n) is 8.42. The van der Waals surface area contributed by atoms with E-state index in [2.05, 4.69) is 143 Å². The maximum atomic E-state index is 5.29. The van der Waals surface area contributed by atoms with E-state index >= 15 is 0 Å². The number of para-hydroxylation sites is 4. The average Bonchev–Trinajstić information content (AvgIpc) is 3.37. The highest BCUT2D eigenvalue weighted by molar-refractivity contribution is 6.09. The summed E-state index contributed by atoms with van der Waals surface area (Å²) in [7, 11) is 0. The summed E-state index contributed by atoms with van der Waals surface area (Å²) < 4.78 is 2.16. The summed E-state index contributed by atoms with van der Waals surface area (Å²) in [5, 5.41) is 2.32. The summed E-state index contributed by atoms with van der Waals surface area (Å²) >= 11 is 0. The molecule has 8 aromatic rings. The number of rotatable bonds is 3. The Bertz CT molecular complexity index is 2240. The number of aromatic nitrogens is 4. The van der Waals surface area contributed by atoms with Crippen molar-refractivity contribution in [2.45, 2.75) is 0 Å². The second kappa shape index (κ2) is 9.75. The maximum absolute atomic E-state index is 5.29. The number of nitrogens with zero attached hydrogens (tertiary/aromatic N) is 5. The van der Waals surface area contributed by atoms with Crippen molar-refractivity contribution in [1.29, 1.82) is 0 Å². The monoisotopic (exact) mass is 563 g/mol. The van der Waals surface area contributed by atoms with E-state index in [1.807, 2.05) is 18.2 Å². The minimum atomic E-state index is 0.559. The Morgan fingerprint density at radius 2 is 0.818 bits per heavy atom. The molecular formula is C39H25N5. The van der Waals surface area contributed by atoms with E-state index < -0.39 is 0 Å². The highest BCUT2D eigenvalue weighted by Gasteiger charge is 2.28. The first-order valence-corrected chi connectivity index (χ1v) is 14.7. The average molecular weight is 564 g/mol. The van der Waals surface area contributed by atoms with Crippen LogP contribution in [0.3, 0.4) is 0 Å². The van der Waals surface area contributed by atoms with Crippen molar-refractivity contribution < 1.29 is 0 Å². The van der Waals surface area contributed by atoms with Crippen molar-refractivity contribution in [2.24, 2.45) is 0 Å². The Balaban J connectivity index is 1.39. The Morgan fingerprint density at radius 1 is 0.364 bits per heavy atom. The van der Waals surface area contributed by atoms with Gasteiger partial charge in [-0.2, -0.15) is 15.0 Å². The summed E-state index contributed by atoms with van der Waals surface area (Å²) in [6.07, 6.45) is 0. The fraction of sp³-hybridized carbons (Fsp3) is 0. The molecule has 2 aromatic heterocycles. The molecule has 0 spiro atoms. The van der Waals surface area contributed by atoms with Crippen LogP contribution in [0.2, 0.25) is 0 Å². The van der Waals surface area contributed by atoms with Crippen molar-refractivity contribution >= 4 is 39.1 Å². The third-order valence-corrected chi connectivity index (χ3v) is 8.42. The third kappa shape index (κ3) is 3.69. The molecule has 9 rings (SSSR count). The molecule has 0 bridgehead atoms. The van der Waals surface area contributed by atoms with Crippen LogP contribution < -0.4 is 4.90 Å². The lowest BCUT2D eigenvalue weighted by Gasteiger charge is -2.25. The van der Waals surface area contributed by atoms with E-state index in [0.29, 0.717) is 17.7 Å². The second-order valence-electron chi connectivity index (χ2n) is 10.9. The molecule has 0 unspecified atom stereocenters. The van der Waals surface area contributed by atoms with Gasteiger partial charge in [-0.3, -0.25) is 9.47 Å².